The third kappa shape index (κ3) is 4.83. The van der Waals surface area contributed by atoms with Gasteiger partial charge in [0, 0.05) is 19.3 Å². The van der Waals surface area contributed by atoms with Crippen molar-refractivity contribution >= 4 is 11.6 Å². The highest BCUT2D eigenvalue weighted by atomic mass is 16.5. The maximum Gasteiger partial charge on any atom is 0.227 e. The molecule has 0 saturated heterocycles. The van der Waals surface area contributed by atoms with Crippen LogP contribution in [0, 0.1) is 0 Å². The van der Waals surface area contributed by atoms with Gasteiger partial charge in [-0.2, -0.15) is 0 Å². The molecule has 0 spiro atoms. The van der Waals surface area contributed by atoms with Crippen molar-refractivity contribution in [2.24, 2.45) is 5.73 Å². The molecule has 1 amide bonds. The van der Waals surface area contributed by atoms with Crippen molar-refractivity contribution in [2.75, 3.05) is 19.0 Å². The third-order valence-corrected chi connectivity index (χ3v) is 3.65. The Hall–Kier alpha value is -1.39. The van der Waals surface area contributed by atoms with Crippen LogP contribution < -0.4 is 11.1 Å². The van der Waals surface area contributed by atoms with E-state index >= 15 is 0 Å². The van der Waals surface area contributed by atoms with Crippen LogP contribution >= 0.6 is 0 Å². The predicted molar refractivity (Wildman–Crippen MR) is 87.7 cm³/mol. The van der Waals surface area contributed by atoms with Crippen LogP contribution in [0.1, 0.15) is 57.1 Å². The van der Waals surface area contributed by atoms with Gasteiger partial charge in [0.05, 0.1) is 12.5 Å². The molecule has 0 saturated carbocycles. The molecule has 0 bridgehead atoms. The number of ether oxygens (including phenoxy) is 1. The van der Waals surface area contributed by atoms with Crippen LogP contribution in [0.3, 0.4) is 0 Å². The number of amides is 1. The summed E-state index contributed by atoms with van der Waals surface area (Å²) in [4.78, 5) is 12.2. The van der Waals surface area contributed by atoms with Crippen LogP contribution in [-0.4, -0.2) is 25.7 Å². The van der Waals surface area contributed by atoms with Crippen molar-refractivity contribution in [2.45, 2.75) is 52.1 Å². The SMILES string of the molecule is COC(CN)CC(=O)Nc1c(C(C)C)cccc1C(C)C. The molecule has 0 heterocycles. The van der Waals surface area contributed by atoms with E-state index in [-0.39, 0.29) is 18.4 Å². The van der Waals surface area contributed by atoms with E-state index in [0.717, 1.165) is 16.8 Å². The number of carbonyl (C=O) groups is 1. The highest BCUT2D eigenvalue weighted by Gasteiger charge is 2.17. The third-order valence-electron chi connectivity index (χ3n) is 3.65. The quantitative estimate of drug-likeness (QED) is 0.811. The predicted octanol–water partition coefficient (Wildman–Crippen LogP) is 3.24. The summed E-state index contributed by atoms with van der Waals surface area (Å²) in [6.07, 6.45) is 0.0375. The zero-order valence-electron chi connectivity index (χ0n) is 13.8. The summed E-state index contributed by atoms with van der Waals surface area (Å²) < 4.78 is 5.18. The molecular weight excluding hydrogens is 264 g/mol. The van der Waals surface area contributed by atoms with Gasteiger partial charge in [-0.25, -0.2) is 0 Å². The number of nitrogens with one attached hydrogen (secondary N) is 1. The van der Waals surface area contributed by atoms with Crippen LogP contribution in [0.15, 0.2) is 18.2 Å². The first-order valence-corrected chi connectivity index (χ1v) is 7.56. The molecule has 1 unspecified atom stereocenters. The molecule has 4 heteroatoms. The molecule has 1 aromatic carbocycles. The average Bonchev–Trinajstić information content (AvgIpc) is 2.44. The monoisotopic (exact) mass is 292 g/mol. The van der Waals surface area contributed by atoms with E-state index in [1.165, 1.54) is 0 Å². The molecule has 4 nitrogen and oxygen atoms in total. The molecule has 0 aliphatic rings. The van der Waals surface area contributed by atoms with Gasteiger partial charge in [-0.15, -0.1) is 0 Å². The fourth-order valence-corrected chi connectivity index (χ4v) is 2.36. The van der Waals surface area contributed by atoms with Gasteiger partial charge in [0.15, 0.2) is 0 Å². The summed E-state index contributed by atoms with van der Waals surface area (Å²) in [5.41, 5.74) is 8.85. The zero-order chi connectivity index (χ0) is 16.0. The molecule has 1 atom stereocenters. The lowest BCUT2D eigenvalue weighted by atomic mass is 9.92. The highest BCUT2D eigenvalue weighted by molar-refractivity contribution is 5.93. The van der Waals surface area contributed by atoms with Gasteiger partial charge < -0.3 is 15.8 Å². The van der Waals surface area contributed by atoms with E-state index in [2.05, 4.69) is 51.2 Å². The number of para-hydroxylation sites is 1. The summed E-state index contributed by atoms with van der Waals surface area (Å²) in [6.45, 7) is 8.87. The first-order valence-electron chi connectivity index (χ1n) is 7.56. The maximum atomic E-state index is 12.2. The molecule has 118 valence electrons. The van der Waals surface area contributed by atoms with E-state index in [1.54, 1.807) is 7.11 Å². The average molecular weight is 292 g/mol. The van der Waals surface area contributed by atoms with Gasteiger partial charge in [0.2, 0.25) is 5.91 Å². The lowest BCUT2D eigenvalue weighted by molar-refractivity contribution is -0.118. The van der Waals surface area contributed by atoms with Crippen LogP contribution in [0.25, 0.3) is 0 Å². The van der Waals surface area contributed by atoms with Crippen molar-refractivity contribution in [1.29, 1.82) is 0 Å². The van der Waals surface area contributed by atoms with Crippen molar-refractivity contribution in [3.8, 4) is 0 Å². The van der Waals surface area contributed by atoms with Gasteiger partial charge in [0.25, 0.3) is 0 Å². The van der Waals surface area contributed by atoms with Gasteiger partial charge in [-0.1, -0.05) is 45.9 Å². The Balaban J connectivity index is 3.02. The van der Waals surface area contributed by atoms with Crippen LogP contribution in [0.4, 0.5) is 5.69 Å². The smallest absolute Gasteiger partial charge is 0.227 e. The van der Waals surface area contributed by atoms with Gasteiger partial charge >= 0.3 is 0 Å². The number of carbonyl (C=O) groups excluding carboxylic acids is 1. The summed E-state index contributed by atoms with van der Waals surface area (Å²) in [6, 6.07) is 6.20. The lowest BCUT2D eigenvalue weighted by Gasteiger charge is -2.21. The second-order valence-corrected chi connectivity index (χ2v) is 5.97. The highest BCUT2D eigenvalue weighted by Crippen LogP contribution is 2.32. The van der Waals surface area contributed by atoms with E-state index in [4.69, 9.17) is 10.5 Å². The molecule has 21 heavy (non-hydrogen) atoms. The molecule has 0 fully saturated rings. The Labute approximate surface area is 128 Å². The van der Waals surface area contributed by atoms with Crippen LogP contribution in [0.5, 0.6) is 0 Å². The molecule has 0 aromatic heterocycles. The number of anilines is 1. The second kappa shape index (κ2) is 8.15. The lowest BCUT2D eigenvalue weighted by Crippen LogP contribution is -2.28. The number of hydrogen-bond donors (Lipinski definition) is 2. The van der Waals surface area contributed by atoms with Crippen molar-refractivity contribution in [1.82, 2.24) is 0 Å². The summed E-state index contributed by atoms with van der Waals surface area (Å²) in [7, 11) is 1.58. The van der Waals surface area contributed by atoms with Crippen molar-refractivity contribution in [3.05, 3.63) is 29.3 Å². The first-order chi connectivity index (χ1) is 9.90. The molecule has 1 rings (SSSR count). The topological polar surface area (TPSA) is 64.3 Å². The zero-order valence-corrected chi connectivity index (χ0v) is 13.8. The van der Waals surface area contributed by atoms with E-state index in [0.29, 0.717) is 18.4 Å². The molecule has 3 N–H and O–H groups in total. The number of nitrogens with two attached hydrogens (primary N) is 1. The van der Waals surface area contributed by atoms with Gasteiger partial charge in [0.1, 0.15) is 0 Å². The Morgan fingerprint density at radius 3 is 2.10 bits per heavy atom. The minimum absolute atomic E-state index is 0.0534. The molecule has 0 aliphatic carbocycles. The number of rotatable bonds is 7. The van der Waals surface area contributed by atoms with Crippen molar-refractivity contribution in [3.63, 3.8) is 0 Å². The Bertz CT molecular complexity index is 440. The largest absolute Gasteiger partial charge is 0.380 e. The summed E-state index contributed by atoms with van der Waals surface area (Å²) >= 11 is 0. The molecule has 0 radical (unpaired) electrons. The van der Waals surface area contributed by atoms with Crippen LogP contribution in [0.2, 0.25) is 0 Å². The van der Waals surface area contributed by atoms with Crippen molar-refractivity contribution < 1.29 is 9.53 Å². The van der Waals surface area contributed by atoms with E-state index < -0.39 is 0 Å². The molecular formula is C17H28N2O2. The summed E-state index contributed by atoms with van der Waals surface area (Å²) in [5.74, 6) is 0.653. The normalized spacial score (nSPS) is 12.8. The van der Waals surface area contributed by atoms with Gasteiger partial charge in [-0.05, 0) is 23.0 Å². The Morgan fingerprint density at radius 1 is 1.19 bits per heavy atom. The standard InChI is InChI=1S/C17H28N2O2/c1-11(2)14-7-6-8-15(12(3)4)17(14)19-16(20)9-13(10-18)21-5/h6-8,11-13H,9-10,18H2,1-5H3,(H,19,20). The fraction of sp³-hybridized carbons (Fsp3) is 0.588. The summed E-state index contributed by atoms with van der Waals surface area (Å²) in [5, 5.41) is 3.07. The second-order valence-electron chi connectivity index (χ2n) is 5.97. The number of methoxy groups -OCH3 is 1. The minimum atomic E-state index is -0.237. The molecule has 1 aromatic rings. The Morgan fingerprint density at radius 2 is 1.71 bits per heavy atom. The van der Waals surface area contributed by atoms with Gasteiger partial charge in [-0.3, -0.25) is 4.79 Å². The van der Waals surface area contributed by atoms with E-state index in [1.807, 2.05) is 0 Å². The first kappa shape index (κ1) is 17.7. The van der Waals surface area contributed by atoms with Crippen LogP contribution in [-0.2, 0) is 9.53 Å². The number of benzene rings is 1. The Kier molecular flexibility index (Phi) is 6.85. The maximum absolute atomic E-state index is 12.2. The van der Waals surface area contributed by atoms with E-state index in [9.17, 15) is 4.79 Å². The minimum Gasteiger partial charge on any atom is -0.380 e. The number of hydrogen-bond acceptors (Lipinski definition) is 3. The molecule has 0 aliphatic heterocycles. The fourth-order valence-electron chi connectivity index (χ4n) is 2.36.